The number of nitrogens with two attached hydrogens (primary N) is 2. The first-order valence-corrected chi connectivity index (χ1v) is 12.7. The molecule has 2 atom stereocenters. The molecule has 0 aromatic heterocycles. The number of ketones is 1. The molecule has 0 radical (unpaired) electrons. The van der Waals surface area contributed by atoms with Gasteiger partial charge in [-0.05, 0) is 44.7 Å². The number of nitrogens with zero attached hydrogens (tertiary/aromatic N) is 1. The molecular formula is C25H40N4O9. The van der Waals surface area contributed by atoms with E-state index in [0.29, 0.717) is 38.6 Å². The first-order valence-electron chi connectivity index (χ1n) is 12.7. The number of unbranched alkanes of at least 4 members (excludes halogenated alkanes) is 3. The van der Waals surface area contributed by atoms with Crippen molar-refractivity contribution in [3.63, 3.8) is 0 Å². The van der Waals surface area contributed by atoms with Gasteiger partial charge >= 0.3 is 5.97 Å². The van der Waals surface area contributed by atoms with E-state index < -0.39 is 35.5 Å². The van der Waals surface area contributed by atoms with E-state index in [2.05, 4.69) is 5.32 Å². The summed E-state index contributed by atoms with van der Waals surface area (Å²) in [5.41, 5.74) is 11.1. The Morgan fingerprint density at radius 3 is 2.37 bits per heavy atom. The lowest BCUT2D eigenvalue weighted by Gasteiger charge is -2.15. The van der Waals surface area contributed by atoms with Gasteiger partial charge in [-0.1, -0.05) is 19.3 Å². The van der Waals surface area contributed by atoms with Crippen molar-refractivity contribution in [2.45, 2.75) is 82.9 Å². The number of amides is 1. The van der Waals surface area contributed by atoms with Crippen molar-refractivity contribution in [2.75, 3.05) is 20.3 Å². The fourth-order valence-electron chi connectivity index (χ4n) is 3.78. The molecule has 13 nitrogen and oxygen atoms in total. The lowest BCUT2D eigenvalue weighted by atomic mass is 10.00. The first kappa shape index (κ1) is 32.7. The van der Waals surface area contributed by atoms with Crippen LogP contribution in [0, 0.1) is 10.1 Å². The van der Waals surface area contributed by atoms with Gasteiger partial charge < -0.3 is 36.5 Å². The van der Waals surface area contributed by atoms with Crippen molar-refractivity contribution in [1.29, 1.82) is 0 Å². The van der Waals surface area contributed by atoms with Crippen molar-refractivity contribution in [1.82, 2.24) is 5.32 Å². The molecule has 1 amide bonds. The second kappa shape index (κ2) is 18.0. The largest absolute Gasteiger partial charge is 0.493 e. The number of aliphatic carboxylic acids is 1. The number of nitrogens with one attached hydrogen (secondary N) is 1. The number of Topliss-reactive ketones (excluding diaryl/α,β-unsaturated/α-hetero) is 1. The summed E-state index contributed by atoms with van der Waals surface area (Å²) in [4.78, 5) is 46.4. The zero-order valence-corrected chi connectivity index (χ0v) is 21.9. The number of carboxylic acid groups (broad SMARTS) is 1. The summed E-state index contributed by atoms with van der Waals surface area (Å²) in [6.45, 7) is 0.0534. The van der Waals surface area contributed by atoms with Gasteiger partial charge in [-0.15, -0.1) is 0 Å². The molecule has 38 heavy (non-hydrogen) atoms. The molecule has 1 aromatic rings. The molecule has 7 N–H and O–H groups in total. The Bertz CT molecular complexity index is 926. The van der Waals surface area contributed by atoms with Crippen LogP contribution in [0.2, 0.25) is 0 Å². The summed E-state index contributed by atoms with van der Waals surface area (Å²) in [6.07, 6.45) is 4.79. The standard InChI is InChI=1S/C25H40N4O9/c1-37-22-14-17(16-30)20(29(35)36)15-23(22)38-13-7-11-24(32)28-19(25(33)34)9-3-2-4-10-21(31)18(27)8-5-6-12-26/h14-15,18-19,30H,2-13,16,26-27H2,1H3,(H,28,32)(H,33,34). The van der Waals surface area contributed by atoms with E-state index in [1.807, 2.05) is 0 Å². The van der Waals surface area contributed by atoms with Crippen LogP contribution in [-0.4, -0.2) is 65.1 Å². The normalized spacial score (nSPS) is 12.4. The van der Waals surface area contributed by atoms with Crippen LogP contribution in [0.1, 0.15) is 69.8 Å². The summed E-state index contributed by atoms with van der Waals surface area (Å²) in [7, 11) is 1.35. The van der Waals surface area contributed by atoms with E-state index in [1.54, 1.807) is 0 Å². The van der Waals surface area contributed by atoms with Gasteiger partial charge in [0.25, 0.3) is 5.69 Å². The fourth-order valence-corrected chi connectivity index (χ4v) is 3.78. The molecule has 13 heteroatoms. The zero-order chi connectivity index (χ0) is 28.5. The number of methoxy groups -OCH3 is 1. The molecular weight excluding hydrogens is 500 g/mol. The number of nitro groups is 1. The number of carbonyl (C=O) groups excluding carboxylic acids is 2. The van der Waals surface area contributed by atoms with E-state index in [9.17, 15) is 34.7 Å². The Balaban J connectivity index is 2.41. The molecule has 0 bridgehead atoms. The van der Waals surface area contributed by atoms with Crippen LogP contribution < -0.4 is 26.3 Å². The molecule has 2 unspecified atom stereocenters. The van der Waals surface area contributed by atoms with Gasteiger partial charge in [0.05, 0.1) is 42.9 Å². The summed E-state index contributed by atoms with van der Waals surface area (Å²) in [5, 5.41) is 32.4. The second-order valence-electron chi connectivity index (χ2n) is 8.91. The quantitative estimate of drug-likeness (QED) is 0.0860. The van der Waals surface area contributed by atoms with Crippen molar-refractivity contribution < 1.29 is 39.0 Å². The second-order valence-corrected chi connectivity index (χ2v) is 8.91. The smallest absolute Gasteiger partial charge is 0.326 e. The van der Waals surface area contributed by atoms with E-state index in [-0.39, 0.29) is 54.4 Å². The van der Waals surface area contributed by atoms with Crippen molar-refractivity contribution in [3.8, 4) is 11.5 Å². The Morgan fingerprint density at radius 2 is 1.76 bits per heavy atom. The van der Waals surface area contributed by atoms with Crippen LogP contribution in [0.4, 0.5) is 5.69 Å². The average Bonchev–Trinajstić information content (AvgIpc) is 2.89. The summed E-state index contributed by atoms with van der Waals surface area (Å²) < 4.78 is 10.7. The van der Waals surface area contributed by atoms with Gasteiger partial charge in [-0.2, -0.15) is 0 Å². The minimum absolute atomic E-state index is 0.0103. The van der Waals surface area contributed by atoms with Crippen LogP contribution >= 0.6 is 0 Å². The van der Waals surface area contributed by atoms with E-state index in [0.717, 1.165) is 18.9 Å². The highest BCUT2D eigenvalue weighted by molar-refractivity contribution is 5.84. The molecule has 0 heterocycles. The number of hydrogen-bond acceptors (Lipinski definition) is 10. The number of carboxylic acids is 1. The first-order chi connectivity index (χ1) is 18.1. The lowest BCUT2D eigenvalue weighted by Crippen LogP contribution is -2.40. The van der Waals surface area contributed by atoms with Gasteiger partial charge in [0.2, 0.25) is 5.91 Å². The van der Waals surface area contributed by atoms with Gasteiger partial charge in [0, 0.05) is 12.8 Å². The van der Waals surface area contributed by atoms with Gasteiger partial charge in [0.1, 0.15) is 11.8 Å². The van der Waals surface area contributed by atoms with E-state index in [1.165, 1.54) is 13.2 Å². The maximum absolute atomic E-state index is 12.2. The number of aliphatic hydroxyl groups is 1. The third-order valence-electron chi connectivity index (χ3n) is 5.97. The molecule has 0 saturated carbocycles. The maximum Gasteiger partial charge on any atom is 0.326 e. The van der Waals surface area contributed by atoms with E-state index >= 15 is 0 Å². The number of rotatable bonds is 21. The van der Waals surface area contributed by atoms with Crippen molar-refractivity contribution in [3.05, 3.63) is 27.8 Å². The Labute approximate surface area is 222 Å². The molecule has 214 valence electrons. The summed E-state index contributed by atoms with van der Waals surface area (Å²) in [5.74, 6) is -1.33. The number of aliphatic hydroxyl groups excluding tert-OH is 1. The van der Waals surface area contributed by atoms with Gasteiger partial charge in [-0.25, -0.2) is 4.79 Å². The van der Waals surface area contributed by atoms with Crippen molar-refractivity contribution in [2.24, 2.45) is 11.5 Å². The number of carbonyl (C=O) groups is 3. The summed E-state index contributed by atoms with van der Waals surface area (Å²) >= 11 is 0. The fraction of sp³-hybridized carbons (Fsp3) is 0.640. The highest BCUT2D eigenvalue weighted by Crippen LogP contribution is 2.34. The highest BCUT2D eigenvalue weighted by Gasteiger charge is 2.21. The van der Waals surface area contributed by atoms with Gasteiger partial charge in [-0.3, -0.25) is 19.7 Å². The molecule has 0 aliphatic heterocycles. The Kier molecular flexibility index (Phi) is 15.5. The average molecular weight is 541 g/mol. The Hall–Kier alpha value is -3.29. The van der Waals surface area contributed by atoms with Crippen molar-refractivity contribution >= 4 is 23.3 Å². The monoisotopic (exact) mass is 540 g/mol. The van der Waals surface area contributed by atoms with Crippen LogP contribution in [0.25, 0.3) is 0 Å². The third kappa shape index (κ3) is 11.8. The highest BCUT2D eigenvalue weighted by atomic mass is 16.6. The number of benzene rings is 1. The van der Waals surface area contributed by atoms with E-state index in [4.69, 9.17) is 20.9 Å². The molecule has 0 fully saturated rings. The Morgan fingerprint density at radius 1 is 1.05 bits per heavy atom. The number of hydrogen-bond donors (Lipinski definition) is 5. The van der Waals surface area contributed by atoms with Crippen LogP contribution in [0.5, 0.6) is 11.5 Å². The molecule has 1 aromatic carbocycles. The maximum atomic E-state index is 12.2. The molecule has 0 saturated heterocycles. The number of ether oxygens (including phenoxy) is 2. The predicted octanol–water partition coefficient (Wildman–Crippen LogP) is 1.80. The van der Waals surface area contributed by atoms with Crippen LogP contribution in [0.3, 0.4) is 0 Å². The topological polar surface area (TPSA) is 217 Å². The lowest BCUT2D eigenvalue weighted by molar-refractivity contribution is -0.385. The molecule has 1 rings (SSSR count). The molecule has 0 spiro atoms. The van der Waals surface area contributed by atoms with Crippen LogP contribution in [-0.2, 0) is 21.0 Å². The minimum atomic E-state index is -1.14. The molecule has 0 aliphatic carbocycles. The predicted molar refractivity (Wildman–Crippen MR) is 139 cm³/mol. The zero-order valence-electron chi connectivity index (χ0n) is 21.9. The number of nitro benzene ring substituents is 1. The molecule has 0 aliphatic rings. The SMILES string of the molecule is COc1cc(CO)c([N+](=O)[O-])cc1OCCCC(=O)NC(CCCCCC(=O)C(N)CCCCN)C(=O)O. The summed E-state index contributed by atoms with van der Waals surface area (Å²) in [6, 6.07) is 0.915. The van der Waals surface area contributed by atoms with Gasteiger partial charge in [0.15, 0.2) is 11.5 Å². The third-order valence-corrected chi connectivity index (χ3v) is 5.97. The van der Waals surface area contributed by atoms with Crippen LogP contribution in [0.15, 0.2) is 12.1 Å². The minimum Gasteiger partial charge on any atom is -0.493 e.